The molecule has 0 aliphatic rings. The fourth-order valence-electron chi connectivity index (χ4n) is 2.45. The molecule has 0 bridgehead atoms. The summed E-state index contributed by atoms with van der Waals surface area (Å²) in [5, 5.41) is 33.0. The molecule has 14 heteroatoms. The van der Waals surface area contributed by atoms with E-state index in [2.05, 4.69) is 10.6 Å². The lowest BCUT2D eigenvalue weighted by atomic mass is 10.1. The van der Waals surface area contributed by atoms with Gasteiger partial charge in [-0.15, -0.1) is 0 Å². The van der Waals surface area contributed by atoms with E-state index in [0.29, 0.717) is 24.3 Å². The fraction of sp³-hybridized carbons (Fsp3) is 0.800. The van der Waals surface area contributed by atoms with E-state index in [-0.39, 0.29) is 29.0 Å². The lowest BCUT2D eigenvalue weighted by Crippen LogP contribution is -2.44. The Kier molecular flexibility index (Phi) is 18.9. The zero-order chi connectivity index (χ0) is 26.1. The van der Waals surface area contributed by atoms with Gasteiger partial charge in [0.05, 0.1) is 12.1 Å². The normalized spacial score (nSPS) is 13.9. The minimum absolute atomic E-state index is 0.133. The van der Waals surface area contributed by atoms with Crippen molar-refractivity contribution in [2.45, 2.75) is 83.1 Å². The van der Waals surface area contributed by atoms with Gasteiger partial charge in [-0.25, -0.2) is 4.79 Å². The Hall–Kier alpha value is -0.800. The number of hydrogen-bond acceptors (Lipinski definition) is 11. The molecule has 0 rings (SSSR count). The molecule has 0 spiro atoms. The van der Waals surface area contributed by atoms with E-state index in [1.165, 1.54) is 57.0 Å². The molecule has 0 aromatic heterocycles. The van der Waals surface area contributed by atoms with E-state index in [9.17, 15) is 34.5 Å². The molecular formula is C20H36N2O8S4. The summed E-state index contributed by atoms with van der Waals surface area (Å²) in [6.45, 7) is 6.17. The van der Waals surface area contributed by atoms with Crippen LogP contribution < -0.4 is 10.6 Å². The van der Waals surface area contributed by atoms with E-state index >= 15 is 0 Å². The smallest absolute Gasteiger partial charge is 0.327 e. The summed E-state index contributed by atoms with van der Waals surface area (Å²) in [6, 6.07) is -1.76. The van der Waals surface area contributed by atoms with Crippen LogP contribution in [0.1, 0.15) is 53.4 Å². The summed E-state index contributed by atoms with van der Waals surface area (Å²) in [5.41, 5.74) is 0. The van der Waals surface area contributed by atoms with Crippen LogP contribution in [0.4, 0.5) is 0 Å². The second-order valence-electron chi connectivity index (χ2n) is 7.67. The SMILES string of the molecule is CC(=O)NC(CSSC(CCCCC(=O)OC(C)C)CSSCC(NC(C)=O)C(O)O)C(=O)O. The highest BCUT2D eigenvalue weighted by Gasteiger charge is 2.21. The highest BCUT2D eigenvalue weighted by Crippen LogP contribution is 2.36. The van der Waals surface area contributed by atoms with Gasteiger partial charge in [0.25, 0.3) is 0 Å². The number of amides is 2. The van der Waals surface area contributed by atoms with Gasteiger partial charge < -0.3 is 30.7 Å². The molecule has 0 radical (unpaired) electrons. The topological polar surface area (TPSA) is 162 Å². The Balaban J connectivity index is 4.66. The molecule has 2 amide bonds. The lowest BCUT2D eigenvalue weighted by molar-refractivity contribution is -0.147. The van der Waals surface area contributed by atoms with Crippen LogP contribution in [-0.4, -0.2) is 86.1 Å². The molecule has 0 aromatic carbocycles. The second kappa shape index (κ2) is 19.4. The summed E-state index contributed by atoms with van der Waals surface area (Å²) < 4.78 is 5.13. The van der Waals surface area contributed by atoms with E-state index in [4.69, 9.17) is 4.74 Å². The molecule has 34 heavy (non-hydrogen) atoms. The van der Waals surface area contributed by atoms with Gasteiger partial charge in [-0.05, 0) is 26.7 Å². The molecule has 0 aliphatic carbocycles. The average Bonchev–Trinajstić information content (AvgIpc) is 2.70. The first-order chi connectivity index (χ1) is 15.9. The van der Waals surface area contributed by atoms with Gasteiger partial charge in [-0.2, -0.15) is 0 Å². The van der Waals surface area contributed by atoms with Crippen molar-refractivity contribution in [3.8, 4) is 0 Å². The number of unbranched alkanes of at least 4 members (excludes halogenated alkanes) is 1. The van der Waals surface area contributed by atoms with Crippen molar-refractivity contribution < 1.29 is 39.2 Å². The highest BCUT2D eigenvalue weighted by atomic mass is 33.1. The van der Waals surface area contributed by atoms with Gasteiger partial charge in [-0.1, -0.05) is 49.6 Å². The number of ether oxygens (including phenoxy) is 1. The first-order valence-corrected chi connectivity index (χ1v) is 15.6. The molecule has 198 valence electrons. The van der Waals surface area contributed by atoms with Crippen LogP contribution in [0.3, 0.4) is 0 Å². The monoisotopic (exact) mass is 560 g/mol. The van der Waals surface area contributed by atoms with Crippen molar-refractivity contribution in [1.29, 1.82) is 0 Å². The Labute approximate surface area is 216 Å². The van der Waals surface area contributed by atoms with Crippen molar-refractivity contribution in [3.05, 3.63) is 0 Å². The van der Waals surface area contributed by atoms with E-state index in [1.54, 1.807) is 13.8 Å². The number of rotatable bonds is 19. The number of esters is 1. The van der Waals surface area contributed by atoms with Crippen molar-refractivity contribution in [2.75, 3.05) is 17.3 Å². The third kappa shape index (κ3) is 18.5. The zero-order valence-electron chi connectivity index (χ0n) is 19.9. The van der Waals surface area contributed by atoms with E-state index in [0.717, 1.165) is 12.8 Å². The fourth-order valence-corrected chi connectivity index (χ4v) is 8.47. The van der Waals surface area contributed by atoms with Crippen LogP contribution in [0.15, 0.2) is 0 Å². The van der Waals surface area contributed by atoms with Crippen LogP contribution in [0.5, 0.6) is 0 Å². The summed E-state index contributed by atoms with van der Waals surface area (Å²) in [5.74, 6) is -0.895. The molecule has 0 aliphatic heterocycles. The molecule has 10 nitrogen and oxygen atoms in total. The molecule has 0 fully saturated rings. The number of aliphatic carboxylic acids is 1. The number of carbonyl (C=O) groups is 4. The number of nitrogens with one attached hydrogen (secondary N) is 2. The van der Waals surface area contributed by atoms with Crippen LogP contribution >= 0.6 is 43.2 Å². The highest BCUT2D eigenvalue weighted by molar-refractivity contribution is 8.78. The van der Waals surface area contributed by atoms with Gasteiger partial charge in [0.2, 0.25) is 11.8 Å². The largest absolute Gasteiger partial charge is 0.480 e. The van der Waals surface area contributed by atoms with Crippen LogP contribution in [0, 0.1) is 0 Å². The summed E-state index contributed by atoms with van der Waals surface area (Å²) in [6.07, 6.45) is 0.775. The summed E-state index contributed by atoms with van der Waals surface area (Å²) >= 11 is 0. The average molecular weight is 561 g/mol. The van der Waals surface area contributed by atoms with Crippen LogP contribution in [0.25, 0.3) is 0 Å². The number of aliphatic hydroxyl groups is 2. The second-order valence-corrected chi connectivity index (χ2v) is 12.9. The van der Waals surface area contributed by atoms with Crippen molar-refractivity contribution in [3.63, 3.8) is 0 Å². The molecular weight excluding hydrogens is 524 g/mol. The van der Waals surface area contributed by atoms with Gasteiger partial charge in [-0.3, -0.25) is 14.4 Å². The minimum atomic E-state index is -1.66. The predicted octanol–water partition coefficient (Wildman–Crippen LogP) is 2.03. The van der Waals surface area contributed by atoms with Gasteiger partial charge in [0, 0.05) is 42.8 Å². The number of carboxylic acids is 1. The minimum Gasteiger partial charge on any atom is -0.480 e. The molecule has 0 saturated heterocycles. The molecule has 0 saturated carbocycles. The number of aliphatic hydroxyl groups excluding tert-OH is 1. The summed E-state index contributed by atoms with van der Waals surface area (Å²) in [4.78, 5) is 45.4. The molecule has 0 aromatic rings. The maximum atomic E-state index is 11.7. The maximum absolute atomic E-state index is 11.7. The Morgan fingerprint density at radius 2 is 1.50 bits per heavy atom. The molecule has 0 heterocycles. The maximum Gasteiger partial charge on any atom is 0.327 e. The van der Waals surface area contributed by atoms with E-state index < -0.39 is 30.3 Å². The van der Waals surface area contributed by atoms with Gasteiger partial charge in [0.15, 0.2) is 6.29 Å². The van der Waals surface area contributed by atoms with Crippen molar-refractivity contribution >= 4 is 66.9 Å². The zero-order valence-corrected chi connectivity index (χ0v) is 23.1. The van der Waals surface area contributed by atoms with Gasteiger partial charge in [0.1, 0.15) is 6.04 Å². The van der Waals surface area contributed by atoms with Crippen LogP contribution in [0.2, 0.25) is 0 Å². The Morgan fingerprint density at radius 3 is 2.03 bits per heavy atom. The number of carboxylic acid groups (broad SMARTS) is 1. The van der Waals surface area contributed by atoms with Crippen molar-refractivity contribution in [2.24, 2.45) is 0 Å². The Bertz CT molecular complexity index is 640. The number of carbonyl (C=O) groups excluding carboxylic acids is 3. The molecule has 5 N–H and O–H groups in total. The predicted molar refractivity (Wildman–Crippen MR) is 140 cm³/mol. The first-order valence-electron chi connectivity index (χ1n) is 10.8. The first kappa shape index (κ1) is 33.2. The lowest BCUT2D eigenvalue weighted by Gasteiger charge is -2.20. The van der Waals surface area contributed by atoms with E-state index in [1.807, 2.05) is 0 Å². The molecule has 3 unspecified atom stereocenters. The third-order valence-corrected chi connectivity index (χ3v) is 9.61. The van der Waals surface area contributed by atoms with Crippen LogP contribution in [-0.2, 0) is 23.9 Å². The van der Waals surface area contributed by atoms with Gasteiger partial charge >= 0.3 is 11.9 Å². The summed E-state index contributed by atoms with van der Waals surface area (Å²) in [7, 11) is 5.80. The Morgan fingerprint density at radius 1 is 0.882 bits per heavy atom. The van der Waals surface area contributed by atoms with Crippen molar-refractivity contribution in [1.82, 2.24) is 10.6 Å². The third-order valence-electron chi connectivity index (χ3n) is 3.97. The number of hydrogen-bond donors (Lipinski definition) is 5. The standard InChI is InChI=1S/C20H36N2O8S4/c1-12(2)30-18(25)8-6-5-7-15(34-33-11-17(20(28)29)22-14(4)24)9-31-32-10-16(19(26)27)21-13(3)23/h12,15-17,19,26-27H,5-11H2,1-4H3,(H,21,23)(H,22,24)(H,28,29). The quantitative estimate of drug-likeness (QED) is 0.0677. The molecule has 3 atom stereocenters.